The lowest BCUT2D eigenvalue weighted by atomic mass is 9.96. The number of alkyl carbamates (subject to hydrolysis) is 1. The van der Waals surface area contributed by atoms with Gasteiger partial charge in [0.2, 0.25) is 35.4 Å². The number of carboxylic acids is 1. The van der Waals surface area contributed by atoms with Crippen LogP contribution in [0.15, 0.2) is 54.6 Å². The first kappa shape index (κ1) is 56.8. The zero-order valence-electron chi connectivity index (χ0n) is 41.2. The molecular formula is C49H71N7O13. The molecule has 20 heteroatoms. The average Bonchev–Trinajstić information content (AvgIpc) is 3.76. The summed E-state index contributed by atoms with van der Waals surface area (Å²) < 4.78 is 16.3. The van der Waals surface area contributed by atoms with E-state index in [1.165, 1.54) is 4.90 Å². The molecule has 1 saturated heterocycles. The molecule has 0 aliphatic carbocycles. The molecule has 20 nitrogen and oxygen atoms in total. The first-order chi connectivity index (χ1) is 32.3. The minimum atomic E-state index is -1.85. The Bertz CT molecular complexity index is 2100. The van der Waals surface area contributed by atoms with Gasteiger partial charge in [0.25, 0.3) is 0 Å². The molecule has 0 radical (unpaired) electrons. The van der Waals surface area contributed by atoms with E-state index in [1.54, 1.807) is 110 Å². The van der Waals surface area contributed by atoms with E-state index in [-0.39, 0.29) is 19.4 Å². The van der Waals surface area contributed by atoms with Gasteiger partial charge in [-0.1, -0.05) is 62.7 Å². The van der Waals surface area contributed by atoms with Crippen molar-refractivity contribution in [1.29, 1.82) is 0 Å². The Kier molecular flexibility index (Phi) is 21.6. The van der Waals surface area contributed by atoms with Crippen molar-refractivity contribution in [2.45, 2.75) is 161 Å². The molecule has 380 valence electrons. The van der Waals surface area contributed by atoms with Crippen LogP contribution in [-0.4, -0.2) is 124 Å². The molecule has 8 N–H and O–H groups in total. The van der Waals surface area contributed by atoms with Gasteiger partial charge in [-0.15, -0.1) is 0 Å². The Morgan fingerprint density at radius 1 is 0.739 bits per heavy atom. The zero-order valence-corrected chi connectivity index (χ0v) is 41.2. The highest BCUT2D eigenvalue weighted by Crippen LogP contribution is 2.23. The smallest absolute Gasteiger partial charge is 0.414 e. The minimum Gasteiger partial charge on any atom is -0.494 e. The maximum absolute atomic E-state index is 14.4. The standard InChI is InChI=1S/C49H71N7O13/c1-10-29(3)40(55-41(60)33(50)26-31-19-21-32(22-20-31)67-11-2)44(63)51-34(23-24-39(58)59)42(61)52-35(28-38(57)54-47(66)69-49(7,8)9)43(62)53-36(27-30-16-13-12-14-17-30)45(64)56-25-15-18-37(56)46(65)68-48(4,5)6/h12-14,16-17,19-22,29,33-37,40H,10-11,15,18,23-28,50H2,1-9H3,(H,51,63)(H,52,61)(H,53,62)(H,55,60)(H,58,59)(H,54,57,66)/t29-,33-,34+,35-,36+,37-,40-/m0/s1. The van der Waals surface area contributed by atoms with Crippen LogP contribution in [0.1, 0.15) is 112 Å². The maximum atomic E-state index is 14.4. The number of amides is 7. The number of aliphatic carboxylic acids is 1. The monoisotopic (exact) mass is 966 g/mol. The minimum absolute atomic E-state index is 0.0857. The lowest BCUT2D eigenvalue weighted by molar-refractivity contribution is -0.163. The number of esters is 1. The van der Waals surface area contributed by atoms with E-state index in [0.717, 1.165) is 5.56 Å². The molecule has 0 bridgehead atoms. The molecule has 7 atom stereocenters. The lowest BCUT2D eigenvalue weighted by Crippen LogP contribution is -2.61. The summed E-state index contributed by atoms with van der Waals surface area (Å²) in [6.45, 7) is 15.7. The van der Waals surface area contributed by atoms with Crippen molar-refractivity contribution in [1.82, 2.24) is 31.5 Å². The molecule has 0 spiro atoms. The predicted octanol–water partition coefficient (Wildman–Crippen LogP) is 2.82. The molecule has 1 fully saturated rings. The van der Waals surface area contributed by atoms with Gasteiger partial charge >= 0.3 is 18.0 Å². The highest BCUT2D eigenvalue weighted by molar-refractivity contribution is 6.00. The van der Waals surface area contributed by atoms with Crippen molar-refractivity contribution < 1.29 is 62.5 Å². The third-order valence-corrected chi connectivity index (χ3v) is 10.9. The van der Waals surface area contributed by atoms with Gasteiger partial charge < -0.3 is 51.2 Å². The molecule has 1 aliphatic rings. The molecule has 0 aromatic heterocycles. The van der Waals surface area contributed by atoms with Gasteiger partial charge in [0.15, 0.2) is 0 Å². The van der Waals surface area contributed by atoms with Crippen LogP contribution in [0.4, 0.5) is 4.79 Å². The Morgan fingerprint density at radius 3 is 1.90 bits per heavy atom. The molecule has 2 aromatic rings. The molecule has 2 aromatic carbocycles. The third-order valence-electron chi connectivity index (χ3n) is 10.9. The number of imide groups is 1. The first-order valence-electron chi connectivity index (χ1n) is 23.3. The number of carbonyl (C=O) groups excluding carboxylic acids is 8. The molecule has 0 saturated carbocycles. The van der Waals surface area contributed by atoms with Crippen LogP contribution < -0.4 is 37.1 Å². The van der Waals surface area contributed by atoms with Crippen molar-refractivity contribution in [2.24, 2.45) is 11.7 Å². The summed E-state index contributed by atoms with van der Waals surface area (Å²) in [7, 11) is 0. The number of nitrogens with zero attached hydrogens (tertiary/aromatic N) is 1. The van der Waals surface area contributed by atoms with Crippen molar-refractivity contribution >= 4 is 53.5 Å². The lowest BCUT2D eigenvalue weighted by Gasteiger charge is -2.31. The Labute approximate surface area is 403 Å². The molecule has 7 amide bonds. The van der Waals surface area contributed by atoms with Crippen LogP contribution in [0.2, 0.25) is 0 Å². The van der Waals surface area contributed by atoms with Crippen LogP contribution in [0, 0.1) is 5.92 Å². The van der Waals surface area contributed by atoms with E-state index in [9.17, 15) is 48.3 Å². The number of nitrogens with two attached hydrogens (primary N) is 1. The largest absolute Gasteiger partial charge is 0.494 e. The summed E-state index contributed by atoms with van der Waals surface area (Å²) in [6.07, 6.45) is -2.01. The second-order valence-corrected chi connectivity index (χ2v) is 19.0. The summed E-state index contributed by atoms with van der Waals surface area (Å²) >= 11 is 0. The van der Waals surface area contributed by atoms with Crippen LogP contribution in [0.3, 0.4) is 0 Å². The maximum Gasteiger partial charge on any atom is 0.414 e. The highest BCUT2D eigenvalue weighted by Gasteiger charge is 2.41. The van der Waals surface area contributed by atoms with E-state index in [4.69, 9.17) is 19.9 Å². The van der Waals surface area contributed by atoms with Gasteiger partial charge in [-0.05, 0) is 103 Å². The number of likely N-dealkylation sites (tertiary alicyclic amines) is 1. The molecule has 3 rings (SSSR count). The van der Waals surface area contributed by atoms with E-state index in [0.29, 0.717) is 37.2 Å². The topological polar surface area (TPSA) is 291 Å². The summed E-state index contributed by atoms with van der Waals surface area (Å²) in [4.78, 5) is 123. The summed E-state index contributed by atoms with van der Waals surface area (Å²) in [5.41, 5.74) is 5.75. The fourth-order valence-corrected chi connectivity index (χ4v) is 7.30. The zero-order chi connectivity index (χ0) is 51.6. The number of hydrogen-bond donors (Lipinski definition) is 7. The molecule has 1 aliphatic heterocycles. The summed E-state index contributed by atoms with van der Waals surface area (Å²) in [5, 5.41) is 21.9. The quantitative estimate of drug-likeness (QED) is 0.0789. The number of nitrogens with one attached hydrogen (secondary N) is 5. The van der Waals surface area contributed by atoms with Gasteiger partial charge in [0.05, 0.1) is 19.1 Å². The van der Waals surface area contributed by atoms with Gasteiger partial charge in [0, 0.05) is 19.4 Å². The number of carboxylic acid groups (broad SMARTS) is 1. The number of carbonyl (C=O) groups is 9. The van der Waals surface area contributed by atoms with Gasteiger partial charge in [-0.3, -0.25) is 38.9 Å². The SMILES string of the molecule is CCOc1ccc(C[C@H](N)C(=O)N[C@H](C(=O)N[C@H](CCC(=O)O)C(=O)N[C@@H](CC(=O)NC(=O)OC(C)(C)C)C(=O)N[C@H](Cc2ccccc2)C(=O)N2CCC[C@H]2C(=O)OC(C)(C)C)[C@@H](C)CC)cc1. The number of ether oxygens (including phenoxy) is 3. The summed E-state index contributed by atoms with van der Waals surface area (Å²) in [5.74, 6) is -7.26. The van der Waals surface area contributed by atoms with Gasteiger partial charge in [0.1, 0.15) is 47.2 Å². The van der Waals surface area contributed by atoms with Gasteiger partial charge in [-0.2, -0.15) is 0 Å². The van der Waals surface area contributed by atoms with Crippen LogP contribution in [0.25, 0.3) is 0 Å². The molecule has 69 heavy (non-hydrogen) atoms. The normalized spacial score (nSPS) is 16.3. The second kappa shape index (κ2) is 26.3. The van der Waals surface area contributed by atoms with Crippen LogP contribution in [0.5, 0.6) is 5.75 Å². The first-order valence-corrected chi connectivity index (χ1v) is 23.3. The number of rotatable bonds is 23. The van der Waals surface area contributed by atoms with Crippen molar-refractivity contribution in [3.05, 3.63) is 65.7 Å². The van der Waals surface area contributed by atoms with Gasteiger partial charge in [-0.25, -0.2) is 9.59 Å². The third kappa shape index (κ3) is 19.5. The number of hydrogen-bond acceptors (Lipinski definition) is 13. The average molecular weight is 966 g/mol. The van der Waals surface area contributed by atoms with E-state index >= 15 is 0 Å². The van der Waals surface area contributed by atoms with Crippen LogP contribution in [-0.2, 0) is 60.7 Å². The summed E-state index contributed by atoms with van der Waals surface area (Å²) in [6, 6.07) is 7.47. The van der Waals surface area contributed by atoms with E-state index in [1.807, 2.05) is 12.2 Å². The predicted molar refractivity (Wildman–Crippen MR) is 253 cm³/mol. The Hall–Kier alpha value is -6.57. The fourth-order valence-electron chi connectivity index (χ4n) is 7.30. The van der Waals surface area contributed by atoms with Crippen molar-refractivity contribution in [3.8, 4) is 5.75 Å². The van der Waals surface area contributed by atoms with E-state index in [2.05, 4.69) is 21.3 Å². The fraction of sp³-hybridized carbons (Fsp3) is 0.571. The van der Waals surface area contributed by atoms with E-state index < -0.39 is 126 Å². The molecule has 1 heterocycles. The number of benzene rings is 2. The Morgan fingerprint density at radius 2 is 1.32 bits per heavy atom. The van der Waals surface area contributed by atoms with Crippen molar-refractivity contribution in [3.63, 3.8) is 0 Å². The molecular weight excluding hydrogens is 895 g/mol. The van der Waals surface area contributed by atoms with Crippen LogP contribution >= 0.6 is 0 Å². The van der Waals surface area contributed by atoms with Crippen molar-refractivity contribution in [2.75, 3.05) is 13.2 Å². The second-order valence-electron chi connectivity index (χ2n) is 19.0. The molecule has 0 unspecified atom stereocenters. The Balaban J connectivity index is 1.95. The highest BCUT2D eigenvalue weighted by atomic mass is 16.6.